The Hall–Kier alpha value is -2.75. The Morgan fingerprint density at radius 3 is 2.74 bits per heavy atom. The SMILES string of the molecule is CCn1c(SCn2cc([N+](=O)[O-])cn2)nnc1-c1ccncc1. The molecule has 3 rings (SSSR count). The van der Waals surface area contributed by atoms with Gasteiger partial charge in [-0.3, -0.25) is 19.8 Å². The fourth-order valence-corrected chi connectivity index (χ4v) is 2.90. The van der Waals surface area contributed by atoms with Gasteiger partial charge in [0.05, 0.1) is 10.8 Å². The Labute approximate surface area is 135 Å². The Balaban J connectivity index is 1.78. The normalized spacial score (nSPS) is 10.8. The molecule has 0 N–H and O–H groups in total. The molecule has 0 atom stereocenters. The van der Waals surface area contributed by atoms with Crippen LogP contribution >= 0.6 is 11.8 Å². The highest BCUT2D eigenvalue weighted by Crippen LogP contribution is 2.24. The Bertz CT molecular complexity index is 815. The largest absolute Gasteiger partial charge is 0.307 e. The van der Waals surface area contributed by atoms with Crippen LogP contribution in [0, 0.1) is 10.1 Å². The molecule has 0 saturated heterocycles. The van der Waals surface area contributed by atoms with Crippen LogP contribution in [0.4, 0.5) is 5.69 Å². The summed E-state index contributed by atoms with van der Waals surface area (Å²) in [7, 11) is 0. The number of aromatic nitrogens is 6. The van der Waals surface area contributed by atoms with Crippen molar-refractivity contribution >= 4 is 17.4 Å². The fraction of sp³-hybridized carbons (Fsp3) is 0.231. The lowest BCUT2D eigenvalue weighted by atomic mass is 10.2. The number of hydrogen-bond donors (Lipinski definition) is 0. The van der Waals surface area contributed by atoms with Crippen molar-refractivity contribution in [3.8, 4) is 11.4 Å². The fourth-order valence-electron chi connectivity index (χ4n) is 2.04. The third kappa shape index (κ3) is 3.21. The van der Waals surface area contributed by atoms with Gasteiger partial charge in [0.25, 0.3) is 0 Å². The number of rotatable bonds is 6. The van der Waals surface area contributed by atoms with Crippen LogP contribution in [0.15, 0.2) is 42.1 Å². The first-order valence-electron chi connectivity index (χ1n) is 6.82. The van der Waals surface area contributed by atoms with E-state index in [1.54, 1.807) is 12.4 Å². The highest BCUT2D eigenvalue weighted by molar-refractivity contribution is 7.98. The van der Waals surface area contributed by atoms with Crippen molar-refractivity contribution in [2.45, 2.75) is 24.5 Å². The molecule has 0 aromatic carbocycles. The van der Waals surface area contributed by atoms with Crippen molar-refractivity contribution in [2.75, 3.05) is 0 Å². The summed E-state index contributed by atoms with van der Waals surface area (Å²) in [6.45, 7) is 2.73. The monoisotopic (exact) mass is 331 g/mol. The second-order valence-corrected chi connectivity index (χ2v) is 5.47. The van der Waals surface area contributed by atoms with Crippen LogP contribution in [-0.2, 0) is 12.4 Å². The standard InChI is InChI=1S/C13H13N7O2S/c1-2-19-12(10-3-5-14-6-4-10)16-17-13(19)23-9-18-8-11(7-15-18)20(21)22/h3-8H,2,9H2,1H3. The minimum atomic E-state index is -0.468. The zero-order valence-corrected chi connectivity index (χ0v) is 13.1. The molecule has 118 valence electrons. The molecule has 9 nitrogen and oxygen atoms in total. The topological polar surface area (TPSA) is 105 Å². The molecule has 0 saturated carbocycles. The van der Waals surface area contributed by atoms with Gasteiger partial charge in [0.1, 0.15) is 12.4 Å². The molecule has 0 bridgehead atoms. The summed E-state index contributed by atoms with van der Waals surface area (Å²) in [5, 5.41) is 23.8. The zero-order valence-electron chi connectivity index (χ0n) is 12.2. The molecule has 3 aromatic heterocycles. The molecule has 0 amide bonds. The van der Waals surface area contributed by atoms with Gasteiger partial charge >= 0.3 is 5.69 Å². The van der Waals surface area contributed by atoms with Crippen molar-refractivity contribution in [2.24, 2.45) is 0 Å². The third-order valence-corrected chi connectivity index (χ3v) is 4.08. The molecule has 3 aromatic rings. The Morgan fingerprint density at radius 1 is 1.30 bits per heavy atom. The number of nitro groups is 1. The maximum Gasteiger partial charge on any atom is 0.307 e. The lowest BCUT2D eigenvalue weighted by Gasteiger charge is -2.07. The number of hydrogen-bond acceptors (Lipinski definition) is 7. The molecule has 10 heteroatoms. The maximum absolute atomic E-state index is 10.7. The minimum absolute atomic E-state index is 0.0277. The lowest BCUT2D eigenvalue weighted by Crippen LogP contribution is -2.01. The van der Waals surface area contributed by atoms with Crippen LogP contribution in [0.2, 0.25) is 0 Å². The van der Waals surface area contributed by atoms with Crippen molar-refractivity contribution in [1.82, 2.24) is 29.5 Å². The minimum Gasteiger partial charge on any atom is -0.302 e. The van der Waals surface area contributed by atoms with Crippen molar-refractivity contribution < 1.29 is 4.92 Å². The molecule has 0 aliphatic heterocycles. The second-order valence-electron chi connectivity index (χ2n) is 4.55. The van der Waals surface area contributed by atoms with Crippen molar-refractivity contribution in [1.29, 1.82) is 0 Å². The zero-order chi connectivity index (χ0) is 16.2. The molecule has 0 fully saturated rings. The quantitative estimate of drug-likeness (QED) is 0.387. The van der Waals surface area contributed by atoms with E-state index >= 15 is 0 Å². The van der Waals surface area contributed by atoms with E-state index in [2.05, 4.69) is 20.3 Å². The maximum atomic E-state index is 10.7. The molecular weight excluding hydrogens is 318 g/mol. The number of thioether (sulfide) groups is 1. The molecule has 0 aliphatic carbocycles. The summed E-state index contributed by atoms with van der Waals surface area (Å²) in [6.07, 6.45) is 6.04. The van der Waals surface area contributed by atoms with E-state index in [0.29, 0.717) is 12.4 Å². The first kappa shape index (κ1) is 15.2. The summed E-state index contributed by atoms with van der Waals surface area (Å²) in [5.41, 5.74) is 0.913. The van der Waals surface area contributed by atoms with Crippen LogP contribution in [0.25, 0.3) is 11.4 Å². The van der Waals surface area contributed by atoms with E-state index < -0.39 is 4.92 Å². The smallest absolute Gasteiger partial charge is 0.302 e. The van der Waals surface area contributed by atoms with Crippen LogP contribution in [0.3, 0.4) is 0 Å². The lowest BCUT2D eigenvalue weighted by molar-refractivity contribution is -0.385. The van der Waals surface area contributed by atoms with Crippen LogP contribution in [0.1, 0.15) is 6.92 Å². The number of nitrogens with zero attached hydrogens (tertiary/aromatic N) is 7. The summed E-state index contributed by atoms with van der Waals surface area (Å²) in [4.78, 5) is 14.2. The van der Waals surface area contributed by atoms with E-state index in [1.807, 2.05) is 23.6 Å². The molecule has 0 radical (unpaired) electrons. The highest BCUT2D eigenvalue weighted by Gasteiger charge is 2.14. The number of pyridine rings is 1. The van der Waals surface area contributed by atoms with E-state index in [4.69, 9.17) is 0 Å². The van der Waals surface area contributed by atoms with E-state index in [1.165, 1.54) is 28.8 Å². The first-order chi connectivity index (χ1) is 11.2. The molecule has 0 unspecified atom stereocenters. The molecule has 23 heavy (non-hydrogen) atoms. The summed E-state index contributed by atoms with van der Waals surface area (Å²) in [5.74, 6) is 1.19. The average molecular weight is 331 g/mol. The van der Waals surface area contributed by atoms with Gasteiger partial charge in [-0.25, -0.2) is 0 Å². The second kappa shape index (κ2) is 6.57. The first-order valence-corrected chi connectivity index (χ1v) is 7.81. The van der Waals surface area contributed by atoms with Gasteiger partial charge in [-0.1, -0.05) is 11.8 Å². The van der Waals surface area contributed by atoms with E-state index in [9.17, 15) is 10.1 Å². The highest BCUT2D eigenvalue weighted by atomic mass is 32.2. The van der Waals surface area contributed by atoms with Crippen LogP contribution in [-0.4, -0.2) is 34.5 Å². The van der Waals surface area contributed by atoms with Gasteiger partial charge in [-0.15, -0.1) is 10.2 Å². The van der Waals surface area contributed by atoms with Gasteiger partial charge in [0.2, 0.25) is 0 Å². The Morgan fingerprint density at radius 2 is 2.09 bits per heavy atom. The summed E-state index contributed by atoms with van der Waals surface area (Å²) in [6, 6.07) is 3.75. The Kier molecular flexibility index (Phi) is 4.33. The van der Waals surface area contributed by atoms with Gasteiger partial charge in [0, 0.05) is 24.5 Å². The molecular formula is C13H13N7O2S. The van der Waals surface area contributed by atoms with E-state index in [-0.39, 0.29) is 5.69 Å². The van der Waals surface area contributed by atoms with Crippen LogP contribution < -0.4 is 0 Å². The molecule has 0 aliphatic rings. The van der Waals surface area contributed by atoms with Gasteiger partial charge in [-0.2, -0.15) is 5.10 Å². The summed E-state index contributed by atoms with van der Waals surface area (Å²) < 4.78 is 3.49. The van der Waals surface area contributed by atoms with Crippen LogP contribution in [0.5, 0.6) is 0 Å². The van der Waals surface area contributed by atoms with Gasteiger partial charge in [0.15, 0.2) is 11.0 Å². The average Bonchev–Trinajstić information content (AvgIpc) is 3.20. The van der Waals surface area contributed by atoms with Gasteiger partial charge in [-0.05, 0) is 19.1 Å². The van der Waals surface area contributed by atoms with E-state index in [0.717, 1.165) is 16.5 Å². The third-order valence-electron chi connectivity index (χ3n) is 3.13. The predicted molar refractivity (Wildman–Crippen MR) is 83.7 cm³/mol. The van der Waals surface area contributed by atoms with Crippen molar-refractivity contribution in [3.63, 3.8) is 0 Å². The predicted octanol–water partition coefficient (Wildman–Crippen LogP) is 2.21. The van der Waals surface area contributed by atoms with Crippen molar-refractivity contribution in [3.05, 3.63) is 47.0 Å². The molecule has 0 spiro atoms. The van der Waals surface area contributed by atoms with Gasteiger partial charge < -0.3 is 4.57 Å². The summed E-state index contributed by atoms with van der Waals surface area (Å²) >= 11 is 1.42. The molecule has 3 heterocycles.